The van der Waals surface area contributed by atoms with Crippen molar-refractivity contribution < 1.29 is 14.6 Å². The Hall–Kier alpha value is -0.610. The SMILES string of the molecule is CC(CCN(C)C1CCOCC1)C(=O)O. The van der Waals surface area contributed by atoms with Gasteiger partial charge in [0, 0.05) is 19.3 Å². The average molecular weight is 215 g/mol. The van der Waals surface area contributed by atoms with Crippen molar-refractivity contribution in [3.63, 3.8) is 0 Å². The minimum absolute atomic E-state index is 0.243. The van der Waals surface area contributed by atoms with Crippen molar-refractivity contribution in [2.75, 3.05) is 26.8 Å². The summed E-state index contributed by atoms with van der Waals surface area (Å²) in [4.78, 5) is 12.9. The largest absolute Gasteiger partial charge is 0.481 e. The van der Waals surface area contributed by atoms with Crippen LogP contribution in [0.25, 0.3) is 0 Å². The van der Waals surface area contributed by atoms with Crippen LogP contribution in [0.4, 0.5) is 0 Å². The first-order chi connectivity index (χ1) is 7.11. The van der Waals surface area contributed by atoms with Gasteiger partial charge in [-0.2, -0.15) is 0 Å². The highest BCUT2D eigenvalue weighted by atomic mass is 16.5. The van der Waals surface area contributed by atoms with Crippen LogP contribution in [0, 0.1) is 5.92 Å². The molecule has 1 rings (SSSR count). The van der Waals surface area contributed by atoms with Gasteiger partial charge in [-0.3, -0.25) is 4.79 Å². The molecule has 1 fully saturated rings. The van der Waals surface area contributed by atoms with E-state index >= 15 is 0 Å². The van der Waals surface area contributed by atoms with Gasteiger partial charge in [-0.05, 0) is 32.9 Å². The lowest BCUT2D eigenvalue weighted by Gasteiger charge is -2.31. The molecule has 4 nitrogen and oxygen atoms in total. The smallest absolute Gasteiger partial charge is 0.306 e. The fraction of sp³-hybridized carbons (Fsp3) is 0.909. The standard InChI is InChI=1S/C11H21NO3/c1-9(11(13)14)3-6-12(2)10-4-7-15-8-5-10/h9-10H,3-8H2,1-2H3,(H,13,14). The van der Waals surface area contributed by atoms with Gasteiger partial charge in [-0.25, -0.2) is 0 Å². The van der Waals surface area contributed by atoms with Crippen LogP contribution in [0.2, 0.25) is 0 Å². The van der Waals surface area contributed by atoms with Crippen LogP contribution in [0.15, 0.2) is 0 Å². The molecule has 0 aromatic heterocycles. The maximum atomic E-state index is 10.6. The van der Waals surface area contributed by atoms with Crippen LogP contribution < -0.4 is 0 Å². The van der Waals surface area contributed by atoms with E-state index in [4.69, 9.17) is 9.84 Å². The van der Waals surface area contributed by atoms with Crippen LogP contribution in [-0.2, 0) is 9.53 Å². The Kier molecular flexibility index (Phi) is 5.05. The summed E-state index contributed by atoms with van der Waals surface area (Å²) < 4.78 is 5.29. The van der Waals surface area contributed by atoms with E-state index in [0.717, 1.165) is 39.0 Å². The Balaban J connectivity index is 2.22. The molecule has 0 aromatic carbocycles. The lowest BCUT2D eigenvalue weighted by atomic mass is 10.0. The summed E-state index contributed by atoms with van der Waals surface area (Å²) in [6.07, 6.45) is 2.86. The minimum Gasteiger partial charge on any atom is -0.481 e. The maximum Gasteiger partial charge on any atom is 0.306 e. The molecule has 0 aromatic rings. The lowest BCUT2D eigenvalue weighted by molar-refractivity contribution is -0.141. The molecule has 0 saturated carbocycles. The number of rotatable bonds is 5. The van der Waals surface area contributed by atoms with Gasteiger partial charge >= 0.3 is 5.97 Å². The normalized spacial score (nSPS) is 20.5. The fourth-order valence-electron chi connectivity index (χ4n) is 1.83. The van der Waals surface area contributed by atoms with Gasteiger partial charge in [-0.15, -0.1) is 0 Å². The van der Waals surface area contributed by atoms with Crippen molar-refractivity contribution >= 4 is 5.97 Å². The van der Waals surface area contributed by atoms with Crippen LogP contribution in [0.1, 0.15) is 26.2 Å². The summed E-state index contributed by atoms with van der Waals surface area (Å²) in [5.74, 6) is -0.942. The second kappa shape index (κ2) is 6.08. The van der Waals surface area contributed by atoms with Crippen LogP contribution in [-0.4, -0.2) is 48.8 Å². The second-order valence-electron chi connectivity index (χ2n) is 4.35. The zero-order chi connectivity index (χ0) is 11.3. The molecule has 0 bridgehead atoms. The molecule has 1 aliphatic rings. The molecule has 1 aliphatic heterocycles. The number of carbonyl (C=O) groups is 1. The third kappa shape index (κ3) is 4.18. The van der Waals surface area contributed by atoms with E-state index in [-0.39, 0.29) is 5.92 Å². The molecule has 0 amide bonds. The number of ether oxygens (including phenoxy) is 1. The second-order valence-corrected chi connectivity index (χ2v) is 4.35. The molecule has 4 heteroatoms. The number of aliphatic carboxylic acids is 1. The average Bonchev–Trinajstić information content (AvgIpc) is 2.26. The molecule has 15 heavy (non-hydrogen) atoms. The summed E-state index contributed by atoms with van der Waals surface area (Å²) in [5, 5.41) is 8.77. The lowest BCUT2D eigenvalue weighted by Crippen LogP contribution is -2.37. The highest BCUT2D eigenvalue weighted by molar-refractivity contribution is 5.69. The van der Waals surface area contributed by atoms with Gasteiger partial charge in [0.25, 0.3) is 0 Å². The number of carboxylic acids is 1. The van der Waals surface area contributed by atoms with Crippen LogP contribution in [0.5, 0.6) is 0 Å². The predicted molar refractivity (Wildman–Crippen MR) is 57.9 cm³/mol. The monoisotopic (exact) mass is 215 g/mol. The topological polar surface area (TPSA) is 49.8 Å². The van der Waals surface area contributed by atoms with Crippen molar-refractivity contribution in [1.29, 1.82) is 0 Å². The van der Waals surface area contributed by atoms with E-state index in [1.807, 2.05) is 0 Å². The number of hydrogen-bond acceptors (Lipinski definition) is 3. The zero-order valence-corrected chi connectivity index (χ0v) is 9.61. The first kappa shape index (κ1) is 12.5. The van der Waals surface area contributed by atoms with Crippen LogP contribution in [0.3, 0.4) is 0 Å². The minimum atomic E-state index is -0.699. The first-order valence-corrected chi connectivity index (χ1v) is 5.62. The molecule has 1 N–H and O–H groups in total. The molecule has 0 radical (unpaired) electrons. The van der Waals surface area contributed by atoms with E-state index in [9.17, 15) is 4.79 Å². The van der Waals surface area contributed by atoms with Crippen LogP contribution >= 0.6 is 0 Å². The Bertz CT molecular complexity index is 202. The Labute approximate surface area is 91.2 Å². The van der Waals surface area contributed by atoms with Gasteiger partial charge in [0.15, 0.2) is 0 Å². The van der Waals surface area contributed by atoms with E-state index in [0.29, 0.717) is 6.04 Å². The first-order valence-electron chi connectivity index (χ1n) is 5.62. The maximum absolute atomic E-state index is 10.6. The predicted octanol–water partition coefficient (Wildman–Crippen LogP) is 1.21. The van der Waals surface area contributed by atoms with Gasteiger partial charge in [0.05, 0.1) is 5.92 Å². The molecule has 88 valence electrons. The Morgan fingerprint density at radius 3 is 2.67 bits per heavy atom. The number of hydrogen-bond donors (Lipinski definition) is 1. The molecule has 1 saturated heterocycles. The highest BCUT2D eigenvalue weighted by Crippen LogP contribution is 2.14. The van der Waals surface area contributed by atoms with E-state index in [2.05, 4.69) is 11.9 Å². The fourth-order valence-corrected chi connectivity index (χ4v) is 1.83. The molecule has 0 aliphatic carbocycles. The molecule has 1 unspecified atom stereocenters. The van der Waals surface area contributed by atoms with Gasteiger partial charge in [0.2, 0.25) is 0 Å². The van der Waals surface area contributed by atoms with Crippen molar-refractivity contribution in [2.24, 2.45) is 5.92 Å². The molecular weight excluding hydrogens is 194 g/mol. The Morgan fingerprint density at radius 1 is 1.53 bits per heavy atom. The number of nitrogens with zero attached hydrogens (tertiary/aromatic N) is 1. The van der Waals surface area contributed by atoms with Gasteiger partial charge in [0.1, 0.15) is 0 Å². The third-order valence-corrected chi connectivity index (χ3v) is 3.15. The number of carboxylic acid groups (broad SMARTS) is 1. The summed E-state index contributed by atoms with van der Waals surface area (Å²) >= 11 is 0. The Morgan fingerprint density at radius 2 is 2.13 bits per heavy atom. The molecule has 0 spiro atoms. The van der Waals surface area contributed by atoms with Crippen molar-refractivity contribution in [3.8, 4) is 0 Å². The van der Waals surface area contributed by atoms with Gasteiger partial charge < -0.3 is 14.7 Å². The van der Waals surface area contributed by atoms with Gasteiger partial charge in [-0.1, -0.05) is 6.92 Å². The molecular formula is C11H21NO3. The zero-order valence-electron chi connectivity index (χ0n) is 9.61. The summed E-state index contributed by atoms with van der Waals surface area (Å²) in [7, 11) is 2.07. The van der Waals surface area contributed by atoms with Crippen molar-refractivity contribution in [3.05, 3.63) is 0 Å². The summed E-state index contributed by atoms with van der Waals surface area (Å²) in [6, 6.07) is 0.569. The summed E-state index contributed by atoms with van der Waals surface area (Å²) in [5.41, 5.74) is 0. The van der Waals surface area contributed by atoms with Crippen molar-refractivity contribution in [2.45, 2.75) is 32.2 Å². The van der Waals surface area contributed by atoms with E-state index in [1.54, 1.807) is 6.92 Å². The highest BCUT2D eigenvalue weighted by Gasteiger charge is 2.19. The molecule has 1 atom stereocenters. The third-order valence-electron chi connectivity index (χ3n) is 3.15. The van der Waals surface area contributed by atoms with E-state index < -0.39 is 5.97 Å². The van der Waals surface area contributed by atoms with Crippen molar-refractivity contribution in [1.82, 2.24) is 4.90 Å². The van der Waals surface area contributed by atoms with E-state index in [1.165, 1.54) is 0 Å². The quantitative estimate of drug-likeness (QED) is 0.749. The summed E-state index contributed by atoms with van der Waals surface area (Å²) in [6.45, 7) is 4.30. The molecule has 1 heterocycles.